The third-order valence-corrected chi connectivity index (χ3v) is 7.70. The van der Waals surface area contributed by atoms with E-state index >= 15 is 0 Å². The van der Waals surface area contributed by atoms with Crippen LogP contribution in [0.5, 0.6) is 5.75 Å². The van der Waals surface area contributed by atoms with Gasteiger partial charge < -0.3 is 9.84 Å². The van der Waals surface area contributed by atoms with E-state index in [1.165, 1.54) is 31.5 Å². The van der Waals surface area contributed by atoms with Gasteiger partial charge in [0.25, 0.3) is 6.43 Å². The predicted molar refractivity (Wildman–Crippen MR) is 116 cm³/mol. The summed E-state index contributed by atoms with van der Waals surface area (Å²) in [6.07, 6.45) is -2.16. The Kier molecular flexibility index (Phi) is 6.24. The Morgan fingerprint density at radius 1 is 1.24 bits per heavy atom. The van der Waals surface area contributed by atoms with Gasteiger partial charge in [-0.2, -0.15) is 4.36 Å². The van der Waals surface area contributed by atoms with E-state index in [0.29, 0.717) is 17.1 Å². The minimum Gasteiger partial charge on any atom is -0.479 e. The average Bonchev–Trinajstić information content (AvgIpc) is 2.73. The highest BCUT2D eigenvalue weighted by Gasteiger charge is 2.23. The SMILES string of the molecule is C[C@@H](Oc1cc(F)ccc1Cc1ncnc2cc(N=S3(=O)CCC3)cc(C(F)F)c12)C(=O)O. The Morgan fingerprint density at radius 3 is 2.64 bits per heavy atom. The summed E-state index contributed by atoms with van der Waals surface area (Å²) < 4.78 is 63.8. The zero-order chi connectivity index (χ0) is 23.8. The maximum absolute atomic E-state index is 14.0. The van der Waals surface area contributed by atoms with Gasteiger partial charge in [0.1, 0.15) is 17.9 Å². The zero-order valence-corrected chi connectivity index (χ0v) is 18.3. The lowest BCUT2D eigenvalue weighted by molar-refractivity contribution is -0.144. The van der Waals surface area contributed by atoms with Gasteiger partial charge in [-0.3, -0.25) is 0 Å². The van der Waals surface area contributed by atoms with Crippen molar-refractivity contribution in [2.24, 2.45) is 4.36 Å². The van der Waals surface area contributed by atoms with Gasteiger partial charge in [0.05, 0.1) is 26.6 Å². The molecule has 174 valence electrons. The molecule has 2 heterocycles. The molecule has 1 fully saturated rings. The molecule has 11 heteroatoms. The van der Waals surface area contributed by atoms with E-state index in [4.69, 9.17) is 9.84 Å². The van der Waals surface area contributed by atoms with Gasteiger partial charge in [0.15, 0.2) is 6.10 Å². The molecular weight excluding hydrogens is 459 g/mol. The number of rotatable bonds is 7. The second kappa shape index (κ2) is 8.97. The lowest BCUT2D eigenvalue weighted by Gasteiger charge is -2.18. The van der Waals surface area contributed by atoms with Crippen molar-refractivity contribution in [3.8, 4) is 5.75 Å². The van der Waals surface area contributed by atoms with Crippen LogP contribution >= 0.6 is 0 Å². The smallest absolute Gasteiger partial charge is 0.344 e. The molecule has 33 heavy (non-hydrogen) atoms. The number of nitrogens with zero attached hydrogens (tertiary/aromatic N) is 3. The van der Waals surface area contributed by atoms with Crippen molar-refractivity contribution in [2.75, 3.05) is 11.5 Å². The van der Waals surface area contributed by atoms with Crippen LogP contribution in [0, 0.1) is 5.82 Å². The van der Waals surface area contributed by atoms with Crippen LogP contribution < -0.4 is 4.74 Å². The van der Waals surface area contributed by atoms with Crippen molar-refractivity contribution in [2.45, 2.75) is 32.3 Å². The highest BCUT2D eigenvalue weighted by molar-refractivity contribution is 7.95. The summed E-state index contributed by atoms with van der Waals surface area (Å²) in [7, 11) is -2.40. The lowest BCUT2D eigenvalue weighted by Crippen LogP contribution is -2.23. The maximum atomic E-state index is 14.0. The molecule has 1 aliphatic rings. The number of carboxylic acids is 1. The fourth-order valence-electron chi connectivity index (χ4n) is 3.51. The fourth-order valence-corrected chi connectivity index (χ4v) is 4.97. The van der Waals surface area contributed by atoms with Crippen LogP contribution in [0.3, 0.4) is 0 Å². The Bertz CT molecular complexity index is 1350. The quantitative estimate of drug-likeness (QED) is 0.529. The maximum Gasteiger partial charge on any atom is 0.344 e. The lowest BCUT2D eigenvalue weighted by atomic mass is 10.0. The van der Waals surface area contributed by atoms with E-state index in [2.05, 4.69) is 14.3 Å². The van der Waals surface area contributed by atoms with E-state index in [1.54, 1.807) is 0 Å². The Hall–Kier alpha value is -3.21. The molecule has 1 saturated heterocycles. The number of aliphatic carboxylic acids is 1. The first-order chi connectivity index (χ1) is 15.6. The molecule has 2 aromatic carbocycles. The predicted octanol–water partition coefficient (Wildman–Crippen LogP) is 4.65. The van der Waals surface area contributed by atoms with E-state index in [-0.39, 0.29) is 40.0 Å². The van der Waals surface area contributed by atoms with Crippen molar-refractivity contribution in [3.05, 3.63) is 59.3 Å². The monoisotopic (exact) mass is 479 g/mol. The molecule has 1 atom stereocenters. The summed E-state index contributed by atoms with van der Waals surface area (Å²) in [6, 6.07) is 6.28. The summed E-state index contributed by atoms with van der Waals surface area (Å²) in [6.45, 7) is 1.30. The number of hydrogen-bond acceptors (Lipinski definition) is 6. The minimum absolute atomic E-state index is 0.0243. The molecule has 3 aromatic rings. The first-order valence-electron chi connectivity index (χ1n) is 10.1. The molecule has 0 unspecified atom stereocenters. The first kappa shape index (κ1) is 23.0. The summed E-state index contributed by atoms with van der Waals surface area (Å²) in [5.74, 6) is -1.02. The van der Waals surface area contributed by atoms with Crippen molar-refractivity contribution in [1.29, 1.82) is 0 Å². The molecule has 1 N–H and O–H groups in total. The highest BCUT2D eigenvalue weighted by Crippen LogP contribution is 2.35. The standard InChI is InChI=1S/C22H20F3N3O4S/c1-12(22(29)30)32-19-8-14(23)4-3-13(19)7-17-20-16(21(24)25)9-15(10-18(20)27-11-26-17)28-33(31)5-2-6-33/h3-4,8-12,21H,2,5-7H2,1H3,(H,29,30)/t12-/m1/s1. The highest BCUT2D eigenvalue weighted by atomic mass is 32.2. The van der Waals surface area contributed by atoms with Gasteiger partial charge in [-0.15, -0.1) is 0 Å². The van der Waals surface area contributed by atoms with Crippen LogP contribution in [0.1, 0.15) is 36.6 Å². The third-order valence-electron chi connectivity index (χ3n) is 5.30. The number of benzene rings is 2. The number of carbonyl (C=O) groups is 1. The van der Waals surface area contributed by atoms with Gasteiger partial charge in [-0.05, 0) is 31.5 Å². The van der Waals surface area contributed by atoms with Gasteiger partial charge in [-0.25, -0.2) is 32.1 Å². The molecule has 0 radical (unpaired) electrons. The topological polar surface area (TPSA) is 102 Å². The summed E-state index contributed by atoms with van der Waals surface area (Å²) >= 11 is 0. The van der Waals surface area contributed by atoms with Crippen LogP contribution in [0.25, 0.3) is 10.9 Å². The van der Waals surface area contributed by atoms with Gasteiger partial charge in [-0.1, -0.05) is 6.07 Å². The van der Waals surface area contributed by atoms with Gasteiger partial charge >= 0.3 is 5.97 Å². The van der Waals surface area contributed by atoms with Crippen molar-refractivity contribution < 1.29 is 32.0 Å². The van der Waals surface area contributed by atoms with E-state index in [0.717, 1.165) is 18.6 Å². The molecule has 1 aliphatic heterocycles. The number of hydrogen-bond donors (Lipinski definition) is 1. The van der Waals surface area contributed by atoms with E-state index < -0.39 is 34.0 Å². The Balaban J connectivity index is 1.80. The third kappa shape index (κ3) is 4.92. The molecule has 0 spiro atoms. The van der Waals surface area contributed by atoms with E-state index in [1.807, 2.05) is 0 Å². The molecule has 0 aliphatic carbocycles. The van der Waals surface area contributed by atoms with Crippen LogP contribution in [-0.4, -0.2) is 42.9 Å². The number of alkyl halides is 2. The summed E-state index contributed by atoms with van der Waals surface area (Å²) in [5.41, 5.74) is 0.633. The first-order valence-corrected chi connectivity index (χ1v) is 12.0. The van der Waals surface area contributed by atoms with Crippen molar-refractivity contribution in [1.82, 2.24) is 9.97 Å². The van der Waals surface area contributed by atoms with E-state index in [9.17, 15) is 22.2 Å². The molecule has 0 bridgehead atoms. The number of fused-ring (bicyclic) bond motifs is 1. The molecular formula is C22H20F3N3O4S. The summed E-state index contributed by atoms with van der Waals surface area (Å²) in [4.78, 5) is 19.4. The van der Waals surface area contributed by atoms with Crippen LogP contribution in [0.2, 0.25) is 0 Å². The number of carboxylic acid groups (broad SMARTS) is 1. The second-order valence-electron chi connectivity index (χ2n) is 7.70. The number of aromatic nitrogens is 2. The average molecular weight is 479 g/mol. The molecule has 0 saturated carbocycles. The Labute approximate surface area is 187 Å². The molecule has 1 aromatic heterocycles. The van der Waals surface area contributed by atoms with Crippen molar-refractivity contribution in [3.63, 3.8) is 0 Å². The molecule has 0 amide bonds. The van der Waals surface area contributed by atoms with Crippen LogP contribution in [-0.2, 0) is 20.9 Å². The van der Waals surface area contributed by atoms with Crippen LogP contribution in [0.15, 0.2) is 41.0 Å². The summed E-state index contributed by atoms with van der Waals surface area (Å²) in [5, 5.41) is 9.22. The second-order valence-corrected chi connectivity index (χ2v) is 10.2. The number of halogens is 3. The fraction of sp³-hybridized carbons (Fsp3) is 0.318. The van der Waals surface area contributed by atoms with Gasteiger partial charge in [0, 0.05) is 40.5 Å². The zero-order valence-electron chi connectivity index (χ0n) is 17.5. The molecule has 4 rings (SSSR count). The van der Waals surface area contributed by atoms with Crippen molar-refractivity contribution >= 4 is 32.3 Å². The number of ether oxygens (including phenoxy) is 1. The van der Waals surface area contributed by atoms with Crippen LogP contribution in [0.4, 0.5) is 18.9 Å². The Morgan fingerprint density at radius 2 is 2.00 bits per heavy atom. The largest absolute Gasteiger partial charge is 0.479 e. The normalized spacial score (nSPS) is 15.8. The van der Waals surface area contributed by atoms with Gasteiger partial charge in [0.2, 0.25) is 0 Å². The minimum atomic E-state index is -2.87. The molecule has 7 nitrogen and oxygen atoms in total.